The van der Waals surface area contributed by atoms with Gasteiger partial charge in [-0.3, -0.25) is 0 Å². The van der Waals surface area contributed by atoms with Crippen molar-refractivity contribution >= 4 is 27.5 Å². The second kappa shape index (κ2) is 4.27. The zero-order valence-electron chi connectivity index (χ0n) is 9.58. The lowest BCUT2D eigenvalue weighted by atomic mass is 10.3. The lowest BCUT2D eigenvalue weighted by Gasteiger charge is -2.17. The van der Waals surface area contributed by atoms with Gasteiger partial charge < -0.3 is 10.5 Å². The van der Waals surface area contributed by atoms with Gasteiger partial charge in [0.05, 0.1) is 5.39 Å². The summed E-state index contributed by atoms with van der Waals surface area (Å²) < 4.78 is 42.2. The van der Waals surface area contributed by atoms with Crippen LogP contribution in [0.25, 0.3) is 10.2 Å². The number of aromatic nitrogens is 2. The average molecular weight is 277 g/mol. The van der Waals surface area contributed by atoms with E-state index in [0.717, 1.165) is 11.8 Å². The summed E-state index contributed by atoms with van der Waals surface area (Å²) in [7, 11) is 0. The van der Waals surface area contributed by atoms with E-state index in [1.807, 2.05) is 6.92 Å². The molecule has 1 atom stereocenters. The van der Waals surface area contributed by atoms with Crippen LogP contribution in [-0.4, -0.2) is 22.2 Å². The van der Waals surface area contributed by atoms with Gasteiger partial charge in [-0.15, -0.1) is 11.3 Å². The Kier molecular flexibility index (Phi) is 3.05. The summed E-state index contributed by atoms with van der Waals surface area (Å²) in [5.74, 6) is -0.236. The smallest absolute Gasteiger partial charge is 0.425 e. The number of fused-ring (bicyclic) bond motifs is 1. The fourth-order valence-corrected chi connectivity index (χ4v) is 2.23. The number of rotatable bonds is 2. The molecule has 0 amide bonds. The van der Waals surface area contributed by atoms with E-state index in [9.17, 15) is 13.2 Å². The summed E-state index contributed by atoms with van der Waals surface area (Å²) in [6.45, 7) is 2.74. The van der Waals surface area contributed by atoms with Crippen LogP contribution < -0.4 is 10.5 Å². The Morgan fingerprint density at radius 3 is 2.67 bits per heavy atom. The third-order valence-corrected chi connectivity index (χ3v) is 3.19. The number of ether oxygens (including phenoxy) is 1. The first-order valence-corrected chi connectivity index (χ1v) is 5.86. The van der Waals surface area contributed by atoms with Gasteiger partial charge in [0.15, 0.2) is 6.10 Å². The monoisotopic (exact) mass is 277 g/mol. The van der Waals surface area contributed by atoms with E-state index in [-0.39, 0.29) is 11.8 Å². The molecule has 2 heterocycles. The molecule has 0 aliphatic heterocycles. The van der Waals surface area contributed by atoms with Crippen LogP contribution in [0.5, 0.6) is 5.88 Å². The molecule has 0 bridgehead atoms. The number of nitrogens with two attached hydrogens (primary N) is 1. The number of hydrogen-bond donors (Lipinski definition) is 1. The van der Waals surface area contributed by atoms with E-state index in [2.05, 4.69) is 9.97 Å². The number of thiophene rings is 1. The number of nitrogen functional groups attached to an aromatic ring is 1. The van der Waals surface area contributed by atoms with Crippen molar-refractivity contribution in [3.63, 3.8) is 0 Å². The topological polar surface area (TPSA) is 61.0 Å². The quantitative estimate of drug-likeness (QED) is 0.916. The van der Waals surface area contributed by atoms with Crippen molar-refractivity contribution in [2.24, 2.45) is 0 Å². The van der Waals surface area contributed by atoms with Crippen molar-refractivity contribution in [1.82, 2.24) is 9.97 Å². The zero-order valence-corrected chi connectivity index (χ0v) is 10.4. The van der Waals surface area contributed by atoms with Crippen LogP contribution in [0.3, 0.4) is 0 Å². The number of halogens is 3. The Balaban J connectivity index is 2.44. The summed E-state index contributed by atoms with van der Waals surface area (Å²) >= 11 is 1.32. The second-order valence-corrected chi connectivity index (χ2v) is 5.00. The van der Waals surface area contributed by atoms with Gasteiger partial charge in [0.2, 0.25) is 11.8 Å². The molecule has 8 heteroatoms. The first kappa shape index (κ1) is 12.9. The van der Waals surface area contributed by atoms with Gasteiger partial charge in [-0.1, -0.05) is 0 Å². The highest BCUT2D eigenvalue weighted by atomic mass is 32.1. The number of nitrogens with zero attached hydrogens (tertiary/aromatic N) is 2. The van der Waals surface area contributed by atoms with E-state index < -0.39 is 12.3 Å². The second-order valence-electron chi connectivity index (χ2n) is 3.76. The van der Waals surface area contributed by atoms with E-state index in [1.54, 1.807) is 6.07 Å². The molecule has 4 nitrogen and oxygen atoms in total. The lowest BCUT2D eigenvalue weighted by molar-refractivity contribution is -0.189. The number of alkyl halides is 3. The van der Waals surface area contributed by atoms with Gasteiger partial charge in [0, 0.05) is 4.88 Å². The van der Waals surface area contributed by atoms with Crippen molar-refractivity contribution in [3.8, 4) is 5.88 Å². The third-order valence-electron chi connectivity index (χ3n) is 2.25. The van der Waals surface area contributed by atoms with Crippen LogP contribution in [-0.2, 0) is 0 Å². The molecule has 2 rings (SSSR count). The third kappa shape index (κ3) is 2.47. The maximum absolute atomic E-state index is 12.4. The van der Waals surface area contributed by atoms with Crippen molar-refractivity contribution in [3.05, 3.63) is 10.9 Å². The Bertz CT molecular complexity index is 581. The van der Waals surface area contributed by atoms with Gasteiger partial charge in [0.25, 0.3) is 0 Å². The molecule has 2 N–H and O–H groups in total. The van der Waals surface area contributed by atoms with E-state index in [1.165, 1.54) is 11.3 Å². The van der Waals surface area contributed by atoms with Crippen molar-refractivity contribution < 1.29 is 17.9 Å². The molecule has 2 aromatic rings. The first-order chi connectivity index (χ1) is 8.27. The molecule has 0 spiro atoms. The number of hydrogen-bond acceptors (Lipinski definition) is 5. The molecule has 0 aromatic carbocycles. The minimum Gasteiger partial charge on any atom is -0.464 e. The van der Waals surface area contributed by atoms with Crippen LogP contribution >= 0.6 is 11.3 Å². The molecule has 2 aromatic heterocycles. The van der Waals surface area contributed by atoms with Gasteiger partial charge in [-0.25, -0.2) is 4.98 Å². The average Bonchev–Trinajstić information content (AvgIpc) is 2.56. The molecule has 98 valence electrons. The summed E-state index contributed by atoms with van der Waals surface area (Å²) in [4.78, 5) is 9.09. The minimum absolute atomic E-state index is 0.103. The molecule has 0 radical (unpaired) electrons. The van der Waals surface area contributed by atoms with Crippen molar-refractivity contribution in [2.45, 2.75) is 26.1 Å². The number of aryl methyl sites for hydroxylation is 1. The first-order valence-electron chi connectivity index (χ1n) is 5.04. The van der Waals surface area contributed by atoms with Crippen molar-refractivity contribution in [1.29, 1.82) is 0 Å². The largest absolute Gasteiger partial charge is 0.464 e. The van der Waals surface area contributed by atoms with Crippen LogP contribution in [0.4, 0.5) is 19.1 Å². The van der Waals surface area contributed by atoms with E-state index in [4.69, 9.17) is 10.5 Å². The summed E-state index contributed by atoms with van der Waals surface area (Å²) in [6, 6.07) is 1.68. The van der Waals surface area contributed by atoms with Crippen LogP contribution in [0.15, 0.2) is 6.07 Å². The van der Waals surface area contributed by atoms with Gasteiger partial charge in [-0.2, -0.15) is 18.2 Å². The molecule has 1 unspecified atom stereocenters. The van der Waals surface area contributed by atoms with Gasteiger partial charge >= 0.3 is 6.18 Å². The maximum atomic E-state index is 12.4. The minimum atomic E-state index is -4.45. The fraction of sp³-hybridized carbons (Fsp3) is 0.400. The van der Waals surface area contributed by atoms with Gasteiger partial charge in [-0.05, 0) is 19.9 Å². The highest BCUT2D eigenvalue weighted by molar-refractivity contribution is 7.18. The number of anilines is 1. The Labute approximate surface area is 105 Å². The predicted molar refractivity (Wildman–Crippen MR) is 62.7 cm³/mol. The molecule has 0 aliphatic carbocycles. The van der Waals surface area contributed by atoms with Crippen LogP contribution in [0, 0.1) is 6.92 Å². The predicted octanol–water partition coefficient (Wildman–Crippen LogP) is 2.91. The molecule has 0 saturated heterocycles. The molecular formula is C10H10F3N3OS. The maximum Gasteiger partial charge on any atom is 0.425 e. The Hall–Kier alpha value is -1.57. The molecule has 0 aliphatic rings. The van der Waals surface area contributed by atoms with E-state index >= 15 is 0 Å². The van der Waals surface area contributed by atoms with Crippen molar-refractivity contribution in [2.75, 3.05) is 5.73 Å². The zero-order chi connectivity index (χ0) is 13.5. The summed E-state index contributed by atoms with van der Waals surface area (Å²) in [5.41, 5.74) is 5.44. The summed E-state index contributed by atoms with van der Waals surface area (Å²) in [6.07, 6.45) is -6.40. The van der Waals surface area contributed by atoms with Crippen LogP contribution in [0.2, 0.25) is 0 Å². The Morgan fingerprint density at radius 1 is 1.39 bits per heavy atom. The molecule has 18 heavy (non-hydrogen) atoms. The Morgan fingerprint density at radius 2 is 2.06 bits per heavy atom. The molecular weight excluding hydrogens is 267 g/mol. The lowest BCUT2D eigenvalue weighted by Crippen LogP contribution is -2.31. The summed E-state index contributed by atoms with van der Waals surface area (Å²) in [5, 5.41) is 0.447. The molecule has 0 saturated carbocycles. The standard InChI is InChI=1S/C10H10F3N3OS/c1-4-3-6-7(17-5(2)10(11,12)13)15-9(14)16-8(6)18-4/h3,5H,1-2H3,(H2,14,15,16). The normalized spacial score (nSPS) is 13.8. The molecule has 0 fully saturated rings. The van der Waals surface area contributed by atoms with E-state index in [0.29, 0.717) is 10.2 Å². The highest BCUT2D eigenvalue weighted by Gasteiger charge is 2.38. The van der Waals surface area contributed by atoms with Gasteiger partial charge in [0.1, 0.15) is 4.83 Å². The van der Waals surface area contributed by atoms with Crippen LogP contribution in [0.1, 0.15) is 11.8 Å². The fourth-order valence-electron chi connectivity index (χ4n) is 1.36. The SMILES string of the molecule is Cc1cc2c(OC(C)C(F)(F)F)nc(N)nc2s1. The highest BCUT2D eigenvalue weighted by Crippen LogP contribution is 2.33.